The van der Waals surface area contributed by atoms with Gasteiger partial charge in [0.25, 0.3) is 9.05 Å². The number of halogens is 1. The van der Waals surface area contributed by atoms with Crippen molar-refractivity contribution in [3.8, 4) is 0 Å². The first-order valence-corrected chi connectivity index (χ1v) is 7.15. The third-order valence-electron chi connectivity index (χ3n) is 1.99. The SMILES string of the molecule is COCc1c(S(=O)(=O)Cl)cnn1CC(C)C. The first-order valence-electron chi connectivity index (χ1n) is 4.84. The van der Waals surface area contributed by atoms with E-state index in [9.17, 15) is 8.42 Å². The summed E-state index contributed by atoms with van der Waals surface area (Å²) in [6.45, 7) is 4.85. The molecule has 0 aliphatic rings. The Balaban J connectivity index is 3.17. The van der Waals surface area contributed by atoms with Gasteiger partial charge in [-0.25, -0.2) is 8.42 Å². The van der Waals surface area contributed by atoms with Gasteiger partial charge in [-0.3, -0.25) is 4.68 Å². The number of ether oxygens (including phenoxy) is 1. The highest BCUT2D eigenvalue weighted by Crippen LogP contribution is 2.21. The van der Waals surface area contributed by atoms with Gasteiger partial charge in [-0.15, -0.1) is 0 Å². The summed E-state index contributed by atoms with van der Waals surface area (Å²) in [6, 6.07) is 0. The largest absolute Gasteiger partial charge is 0.378 e. The fourth-order valence-corrected chi connectivity index (χ4v) is 2.39. The zero-order valence-electron chi connectivity index (χ0n) is 9.47. The van der Waals surface area contributed by atoms with E-state index in [2.05, 4.69) is 5.10 Å². The molecule has 0 bridgehead atoms. The van der Waals surface area contributed by atoms with Crippen molar-refractivity contribution >= 4 is 19.7 Å². The van der Waals surface area contributed by atoms with Crippen molar-refractivity contribution < 1.29 is 13.2 Å². The van der Waals surface area contributed by atoms with E-state index in [4.69, 9.17) is 15.4 Å². The van der Waals surface area contributed by atoms with Crippen molar-refractivity contribution in [2.24, 2.45) is 5.92 Å². The maximum atomic E-state index is 11.3. The molecule has 1 aromatic heterocycles. The molecule has 1 rings (SSSR count). The van der Waals surface area contributed by atoms with E-state index >= 15 is 0 Å². The minimum Gasteiger partial charge on any atom is -0.378 e. The van der Waals surface area contributed by atoms with Crippen LogP contribution in [0.4, 0.5) is 0 Å². The van der Waals surface area contributed by atoms with Crippen LogP contribution in [-0.4, -0.2) is 25.3 Å². The van der Waals surface area contributed by atoms with E-state index < -0.39 is 9.05 Å². The van der Waals surface area contributed by atoms with E-state index in [1.165, 1.54) is 13.3 Å². The molecule has 0 aliphatic carbocycles. The van der Waals surface area contributed by atoms with Crippen molar-refractivity contribution in [3.63, 3.8) is 0 Å². The van der Waals surface area contributed by atoms with Gasteiger partial charge < -0.3 is 4.74 Å². The zero-order valence-corrected chi connectivity index (χ0v) is 11.0. The molecule has 0 atom stereocenters. The molecule has 0 amide bonds. The van der Waals surface area contributed by atoms with Gasteiger partial charge in [0.1, 0.15) is 4.90 Å². The highest BCUT2D eigenvalue weighted by atomic mass is 35.7. The van der Waals surface area contributed by atoms with Crippen LogP contribution in [0.15, 0.2) is 11.1 Å². The number of rotatable bonds is 5. The van der Waals surface area contributed by atoms with Crippen molar-refractivity contribution in [1.82, 2.24) is 9.78 Å². The van der Waals surface area contributed by atoms with Gasteiger partial charge in [0.15, 0.2) is 0 Å². The summed E-state index contributed by atoms with van der Waals surface area (Å²) in [4.78, 5) is 0.0247. The molecular formula is C9H15ClN2O3S. The summed E-state index contributed by atoms with van der Waals surface area (Å²) in [7, 11) is 3.05. The van der Waals surface area contributed by atoms with Crippen molar-refractivity contribution in [1.29, 1.82) is 0 Å². The second-order valence-electron chi connectivity index (χ2n) is 3.90. The fraction of sp³-hybridized carbons (Fsp3) is 0.667. The van der Waals surface area contributed by atoms with E-state index in [1.807, 2.05) is 13.8 Å². The van der Waals surface area contributed by atoms with Gasteiger partial charge in [-0.05, 0) is 5.92 Å². The zero-order chi connectivity index (χ0) is 12.3. The molecule has 0 saturated carbocycles. The molecule has 5 nitrogen and oxygen atoms in total. The lowest BCUT2D eigenvalue weighted by molar-refractivity contribution is 0.173. The monoisotopic (exact) mass is 266 g/mol. The second kappa shape index (κ2) is 5.16. The fourth-order valence-electron chi connectivity index (χ4n) is 1.38. The van der Waals surface area contributed by atoms with Crippen molar-refractivity contribution in [2.45, 2.75) is 31.9 Å². The molecule has 1 aromatic rings. The Morgan fingerprint density at radius 3 is 2.62 bits per heavy atom. The number of methoxy groups -OCH3 is 1. The maximum Gasteiger partial charge on any atom is 0.264 e. The molecule has 0 N–H and O–H groups in total. The highest BCUT2D eigenvalue weighted by molar-refractivity contribution is 8.13. The lowest BCUT2D eigenvalue weighted by Gasteiger charge is -2.09. The van der Waals surface area contributed by atoms with Gasteiger partial charge in [-0.2, -0.15) is 5.10 Å². The molecule has 0 spiro atoms. The van der Waals surface area contributed by atoms with Crippen LogP contribution in [0, 0.1) is 5.92 Å². The second-order valence-corrected chi connectivity index (χ2v) is 6.44. The maximum absolute atomic E-state index is 11.3. The standard InChI is InChI=1S/C9H15ClN2O3S/c1-7(2)5-12-8(6-15-3)9(4-11-12)16(10,13)14/h4,7H,5-6H2,1-3H3. The Morgan fingerprint density at radius 1 is 1.56 bits per heavy atom. The number of hydrogen-bond acceptors (Lipinski definition) is 4. The van der Waals surface area contributed by atoms with Crippen molar-refractivity contribution in [2.75, 3.05) is 7.11 Å². The van der Waals surface area contributed by atoms with Crippen LogP contribution < -0.4 is 0 Å². The van der Waals surface area contributed by atoms with Crippen LogP contribution >= 0.6 is 10.7 Å². The molecule has 16 heavy (non-hydrogen) atoms. The van der Waals surface area contributed by atoms with E-state index in [1.54, 1.807) is 4.68 Å². The summed E-state index contributed by atoms with van der Waals surface area (Å²) in [6.07, 6.45) is 1.26. The molecule has 0 radical (unpaired) electrons. The van der Waals surface area contributed by atoms with Gasteiger partial charge in [0, 0.05) is 24.3 Å². The highest BCUT2D eigenvalue weighted by Gasteiger charge is 2.21. The summed E-state index contributed by atoms with van der Waals surface area (Å²) in [5.74, 6) is 0.362. The summed E-state index contributed by atoms with van der Waals surface area (Å²) < 4.78 is 29.1. The number of nitrogens with zero attached hydrogens (tertiary/aromatic N) is 2. The van der Waals surface area contributed by atoms with Crippen LogP contribution in [0.25, 0.3) is 0 Å². The number of hydrogen-bond donors (Lipinski definition) is 0. The van der Waals surface area contributed by atoms with Gasteiger partial charge in [-0.1, -0.05) is 13.8 Å². The first-order chi connectivity index (χ1) is 7.36. The Morgan fingerprint density at radius 2 is 2.19 bits per heavy atom. The third kappa shape index (κ3) is 3.20. The van der Waals surface area contributed by atoms with Crippen LogP contribution in [0.2, 0.25) is 0 Å². The predicted octanol–water partition coefficient (Wildman–Crippen LogP) is 1.61. The van der Waals surface area contributed by atoms with Gasteiger partial charge in [0.2, 0.25) is 0 Å². The summed E-state index contributed by atoms with van der Waals surface area (Å²) in [5.41, 5.74) is 0.492. The van der Waals surface area contributed by atoms with E-state index in [-0.39, 0.29) is 11.5 Å². The Bertz CT molecular complexity index is 453. The number of aromatic nitrogens is 2. The van der Waals surface area contributed by atoms with Gasteiger partial charge in [0.05, 0.1) is 18.5 Å². The van der Waals surface area contributed by atoms with Crippen LogP contribution in [0.1, 0.15) is 19.5 Å². The Labute approximate surface area is 99.8 Å². The molecule has 1 heterocycles. The molecule has 0 fully saturated rings. The molecule has 92 valence electrons. The molecular weight excluding hydrogens is 252 g/mol. The molecule has 0 unspecified atom stereocenters. The predicted molar refractivity (Wildman–Crippen MR) is 60.8 cm³/mol. The summed E-state index contributed by atoms with van der Waals surface area (Å²) >= 11 is 0. The summed E-state index contributed by atoms with van der Waals surface area (Å²) in [5, 5.41) is 4.01. The van der Waals surface area contributed by atoms with Crippen LogP contribution in [0.5, 0.6) is 0 Å². The van der Waals surface area contributed by atoms with E-state index in [0.29, 0.717) is 18.2 Å². The average molecular weight is 267 g/mol. The molecule has 0 aromatic carbocycles. The van der Waals surface area contributed by atoms with Crippen LogP contribution in [0.3, 0.4) is 0 Å². The topological polar surface area (TPSA) is 61.2 Å². The average Bonchev–Trinajstić information content (AvgIpc) is 2.47. The first kappa shape index (κ1) is 13.5. The minimum atomic E-state index is -3.76. The van der Waals surface area contributed by atoms with Crippen LogP contribution in [-0.2, 0) is 26.9 Å². The van der Waals surface area contributed by atoms with Crippen molar-refractivity contribution in [3.05, 3.63) is 11.9 Å². The lowest BCUT2D eigenvalue weighted by atomic mass is 10.2. The quantitative estimate of drug-likeness (QED) is 0.760. The molecule has 0 aliphatic heterocycles. The minimum absolute atomic E-state index is 0.0247. The molecule has 0 saturated heterocycles. The van der Waals surface area contributed by atoms with E-state index in [0.717, 1.165) is 0 Å². The smallest absolute Gasteiger partial charge is 0.264 e. The lowest BCUT2D eigenvalue weighted by Crippen LogP contribution is -2.11. The van der Waals surface area contributed by atoms with Gasteiger partial charge >= 0.3 is 0 Å². The Kier molecular flexibility index (Phi) is 4.35. The third-order valence-corrected chi connectivity index (χ3v) is 3.36. The normalized spacial score (nSPS) is 12.3. The Hall–Kier alpha value is -0.590. The molecule has 7 heteroatoms.